The van der Waals surface area contributed by atoms with Crippen LogP contribution in [0.5, 0.6) is 0 Å². The van der Waals surface area contributed by atoms with Crippen LogP contribution >= 0.6 is 15.9 Å². The lowest BCUT2D eigenvalue weighted by atomic mass is 9.97. The molecular formula is C14H21Br. The zero-order valence-corrected chi connectivity index (χ0v) is 11.8. The van der Waals surface area contributed by atoms with Crippen molar-refractivity contribution in [3.8, 4) is 0 Å². The normalized spacial score (nSPS) is 15.0. The van der Waals surface area contributed by atoms with Gasteiger partial charge in [0, 0.05) is 4.83 Å². The van der Waals surface area contributed by atoms with Crippen molar-refractivity contribution in [2.45, 2.75) is 45.4 Å². The van der Waals surface area contributed by atoms with E-state index in [1.54, 1.807) is 0 Å². The smallest absolute Gasteiger partial charge is 0.0211 e. The minimum absolute atomic E-state index is 0.601. The summed E-state index contributed by atoms with van der Waals surface area (Å²) in [7, 11) is 0. The predicted octanol–water partition coefficient (Wildman–Crippen LogP) is 4.66. The topological polar surface area (TPSA) is 0 Å². The largest absolute Gasteiger partial charge is 0.0884 e. The first-order valence-corrected chi connectivity index (χ1v) is 6.66. The van der Waals surface area contributed by atoms with Crippen LogP contribution in [0, 0.1) is 19.8 Å². The summed E-state index contributed by atoms with van der Waals surface area (Å²) in [6, 6.07) is 6.78. The zero-order chi connectivity index (χ0) is 11.4. The van der Waals surface area contributed by atoms with Gasteiger partial charge in [-0.15, -0.1) is 0 Å². The average molecular weight is 269 g/mol. The molecule has 0 amide bonds. The first-order valence-electron chi connectivity index (χ1n) is 5.74. The Kier molecular flexibility index (Phi) is 4.85. The number of aryl methyl sites for hydroxylation is 2. The zero-order valence-electron chi connectivity index (χ0n) is 10.2. The van der Waals surface area contributed by atoms with E-state index >= 15 is 0 Å². The van der Waals surface area contributed by atoms with Gasteiger partial charge in [0.1, 0.15) is 0 Å². The van der Waals surface area contributed by atoms with Gasteiger partial charge in [-0.3, -0.25) is 0 Å². The highest BCUT2D eigenvalue weighted by atomic mass is 79.9. The second-order valence-electron chi connectivity index (χ2n) is 4.52. The first-order chi connectivity index (χ1) is 7.04. The van der Waals surface area contributed by atoms with Crippen molar-refractivity contribution in [2.75, 3.05) is 0 Å². The fourth-order valence-corrected chi connectivity index (χ4v) is 2.36. The molecule has 15 heavy (non-hydrogen) atoms. The summed E-state index contributed by atoms with van der Waals surface area (Å²) in [5.74, 6) is 0.742. The van der Waals surface area contributed by atoms with Crippen LogP contribution in [0.15, 0.2) is 18.2 Å². The molecule has 2 atom stereocenters. The number of hydrogen-bond acceptors (Lipinski definition) is 0. The van der Waals surface area contributed by atoms with Crippen LogP contribution in [-0.4, -0.2) is 4.83 Å². The van der Waals surface area contributed by atoms with Crippen LogP contribution in [0.25, 0.3) is 0 Å². The van der Waals surface area contributed by atoms with E-state index in [9.17, 15) is 0 Å². The Hall–Kier alpha value is -0.300. The van der Waals surface area contributed by atoms with Crippen molar-refractivity contribution in [1.29, 1.82) is 0 Å². The van der Waals surface area contributed by atoms with Gasteiger partial charge < -0.3 is 0 Å². The van der Waals surface area contributed by atoms with E-state index in [0.717, 1.165) is 12.3 Å². The maximum atomic E-state index is 3.78. The summed E-state index contributed by atoms with van der Waals surface area (Å²) in [4.78, 5) is 0.601. The standard InChI is InChI=1S/C14H21Br/c1-5-10(2)14(15)9-13-7-6-11(3)12(4)8-13/h6-8,10,14H,5,9H2,1-4H3. The summed E-state index contributed by atoms with van der Waals surface area (Å²) in [5.41, 5.74) is 4.23. The Balaban J connectivity index is 2.68. The van der Waals surface area contributed by atoms with E-state index in [0.29, 0.717) is 4.83 Å². The minimum Gasteiger partial charge on any atom is -0.0884 e. The number of hydrogen-bond donors (Lipinski definition) is 0. The number of benzene rings is 1. The molecule has 0 nitrogen and oxygen atoms in total. The van der Waals surface area contributed by atoms with Crippen LogP contribution in [0.2, 0.25) is 0 Å². The fourth-order valence-electron chi connectivity index (χ4n) is 1.61. The van der Waals surface area contributed by atoms with Gasteiger partial charge in [0.2, 0.25) is 0 Å². The first kappa shape index (κ1) is 12.8. The number of halogens is 1. The fraction of sp³-hybridized carbons (Fsp3) is 0.571. The van der Waals surface area contributed by atoms with E-state index in [2.05, 4.69) is 61.8 Å². The van der Waals surface area contributed by atoms with E-state index in [4.69, 9.17) is 0 Å². The molecule has 0 bridgehead atoms. The van der Waals surface area contributed by atoms with Gasteiger partial charge >= 0.3 is 0 Å². The third kappa shape index (κ3) is 3.64. The number of rotatable bonds is 4. The van der Waals surface area contributed by atoms with Crippen molar-refractivity contribution in [2.24, 2.45) is 5.92 Å². The molecule has 0 aliphatic rings. The van der Waals surface area contributed by atoms with Crippen LogP contribution in [0.1, 0.15) is 37.0 Å². The lowest BCUT2D eigenvalue weighted by Gasteiger charge is -2.17. The molecule has 0 saturated heterocycles. The SMILES string of the molecule is CCC(C)C(Br)Cc1ccc(C)c(C)c1. The Morgan fingerprint density at radius 1 is 1.20 bits per heavy atom. The molecule has 2 unspecified atom stereocenters. The molecule has 0 radical (unpaired) electrons. The van der Waals surface area contributed by atoms with Gasteiger partial charge in [-0.05, 0) is 42.9 Å². The minimum atomic E-state index is 0.601. The van der Waals surface area contributed by atoms with Crippen molar-refractivity contribution >= 4 is 15.9 Å². The van der Waals surface area contributed by atoms with Crippen LogP contribution in [0.3, 0.4) is 0 Å². The van der Waals surface area contributed by atoms with Crippen molar-refractivity contribution in [3.05, 3.63) is 34.9 Å². The Bertz CT molecular complexity index is 317. The second-order valence-corrected chi connectivity index (χ2v) is 5.70. The van der Waals surface area contributed by atoms with Gasteiger partial charge in [0.25, 0.3) is 0 Å². The Morgan fingerprint density at radius 2 is 1.87 bits per heavy atom. The molecule has 1 aromatic rings. The van der Waals surface area contributed by atoms with Gasteiger partial charge in [0.15, 0.2) is 0 Å². The van der Waals surface area contributed by atoms with E-state index in [-0.39, 0.29) is 0 Å². The molecule has 0 N–H and O–H groups in total. The molecule has 0 aliphatic heterocycles. The highest BCUT2D eigenvalue weighted by Crippen LogP contribution is 2.21. The van der Waals surface area contributed by atoms with Crippen molar-refractivity contribution in [1.82, 2.24) is 0 Å². The molecule has 1 rings (SSSR count). The Morgan fingerprint density at radius 3 is 2.40 bits per heavy atom. The summed E-state index contributed by atoms with van der Waals surface area (Å²) in [6.45, 7) is 8.91. The molecular weight excluding hydrogens is 248 g/mol. The summed E-state index contributed by atoms with van der Waals surface area (Å²) < 4.78 is 0. The maximum absolute atomic E-state index is 3.78. The number of alkyl halides is 1. The molecule has 0 aliphatic carbocycles. The molecule has 0 saturated carbocycles. The predicted molar refractivity (Wildman–Crippen MR) is 71.8 cm³/mol. The van der Waals surface area contributed by atoms with Crippen molar-refractivity contribution < 1.29 is 0 Å². The van der Waals surface area contributed by atoms with Gasteiger partial charge in [-0.25, -0.2) is 0 Å². The lowest BCUT2D eigenvalue weighted by Crippen LogP contribution is -2.13. The van der Waals surface area contributed by atoms with E-state index in [1.807, 2.05) is 0 Å². The summed E-state index contributed by atoms with van der Waals surface area (Å²) in [6.07, 6.45) is 2.37. The van der Waals surface area contributed by atoms with E-state index < -0.39 is 0 Å². The summed E-state index contributed by atoms with van der Waals surface area (Å²) >= 11 is 3.78. The van der Waals surface area contributed by atoms with Gasteiger partial charge in [0.05, 0.1) is 0 Å². The van der Waals surface area contributed by atoms with Crippen LogP contribution < -0.4 is 0 Å². The lowest BCUT2D eigenvalue weighted by molar-refractivity contribution is 0.538. The maximum Gasteiger partial charge on any atom is 0.0211 e. The molecule has 84 valence electrons. The van der Waals surface area contributed by atoms with E-state index in [1.165, 1.54) is 23.1 Å². The van der Waals surface area contributed by atoms with Crippen LogP contribution in [0.4, 0.5) is 0 Å². The molecule has 0 fully saturated rings. The molecule has 0 aromatic heterocycles. The van der Waals surface area contributed by atoms with Crippen molar-refractivity contribution in [3.63, 3.8) is 0 Å². The highest BCUT2D eigenvalue weighted by molar-refractivity contribution is 9.09. The molecule has 0 heterocycles. The monoisotopic (exact) mass is 268 g/mol. The molecule has 1 heteroatoms. The third-order valence-corrected chi connectivity index (χ3v) is 4.49. The molecule has 1 aromatic carbocycles. The highest BCUT2D eigenvalue weighted by Gasteiger charge is 2.12. The van der Waals surface area contributed by atoms with Crippen LogP contribution in [-0.2, 0) is 6.42 Å². The van der Waals surface area contributed by atoms with Gasteiger partial charge in [-0.2, -0.15) is 0 Å². The summed E-state index contributed by atoms with van der Waals surface area (Å²) in [5, 5.41) is 0. The Labute approximate surface area is 102 Å². The van der Waals surface area contributed by atoms with Gasteiger partial charge in [-0.1, -0.05) is 54.4 Å². The second kappa shape index (κ2) is 5.69. The third-order valence-electron chi connectivity index (χ3n) is 3.26. The average Bonchev–Trinajstić information content (AvgIpc) is 2.22. The molecule has 0 spiro atoms. The quantitative estimate of drug-likeness (QED) is 0.697.